The Hall–Kier alpha value is -6.51. The number of fused-ring (bicyclic) bond motifs is 1. The van der Waals surface area contributed by atoms with E-state index in [9.17, 15) is 24.3 Å². The van der Waals surface area contributed by atoms with E-state index in [1.54, 1.807) is 16.4 Å². The number of carboxylic acid groups (broad SMARTS) is 1. The molecular weight excluding hydrogens is 737 g/mol. The van der Waals surface area contributed by atoms with E-state index in [1.807, 2.05) is 121 Å². The number of carbonyl (C=O) groups is 4. The van der Waals surface area contributed by atoms with Gasteiger partial charge in [-0.05, 0) is 23.8 Å². The van der Waals surface area contributed by atoms with Gasteiger partial charge >= 0.3 is 5.97 Å². The second-order valence-corrected chi connectivity index (χ2v) is 14.8. The van der Waals surface area contributed by atoms with Gasteiger partial charge < -0.3 is 25.9 Å². The molecule has 0 spiro atoms. The zero-order chi connectivity index (χ0) is 38.1. The number of para-hydroxylation sites is 1. The summed E-state index contributed by atoms with van der Waals surface area (Å²) in [5, 5.41) is 18.6. The Morgan fingerprint density at radius 1 is 0.891 bits per heavy atom. The van der Waals surface area contributed by atoms with Crippen molar-refractivity contribution in [1.29, 1.82) is 0 Å². The first-order chi connectivity index (χ1) is 26.8. The lowest BCUT2D eigenvalue weighted by Gasteiger charge is -2.49. The number of carboxylic acids is 1. The summed E-state index contributed by atoms with van der Waals surface area (Å²) in [5.74, 6) is -2.72. The van der Waals surface area contributed by atoms with Crippen LogP contribution in [0.3, 0.4) is 0 Å². The maximum Gasteiger partial charge on any atom is 0.352 e. The van der Waals surface area contributed by atoms with Crippen molar-refractivity contribution in [2.24, 2.45) is 5.16 Å². The molecule has 0 radical (unpaired) electrons. The number of thiazole rings is 1. The summed E-state index contributed by atoms with van der Waals surface area (Å²) in [5.41, 5.74) is 8.13. The number of allylic oxidation sites excluding steroid dienone is 1. The molecule has 8 rings (SSSR count). The highest BCUT2D eigenvalue weighted by atomic mass is 32.2. The van der Waals surface area contributed by atoms with E-state index in [4.69, 9.17) is 10.6 Å². The largest absolute Gasteiger partial charge is 0.477 e. The predicted molar refractivity (Wildman–Crippen MR) is 210 cm³/mol. The number of hydrogen-bond donors (Lipinski definition) is 3. The van der Waals surface area contributed by atoms with Gasteiger partial charge in [0.25, 0.3) is 17.7 Å². The molecule has 3 amide bonds. The van der Waals surface area contributed by atoms with Crippen molar-refractivity contribution >= 4 is 63.3 Å². The van der Waals surface area contributed by atoms with Gasteiger partial charge in [0.2, 0.25) is 5.60 Å². The first kappa shape index (κ1) is 35.5. The number of aliphatic carboxylic acids is 1. The lowest BCUT2D eigenvalue weighted by Crippen LogP contribution is -2.71. The minimum atomic E-state index is -1.31. The Labute approximate surface area is 323 Å². The fourth-order valence-electron chi connectivity index (χ4n) is 6.88. The number of carbonyl (C=O) groups excluding carboxylic acids is 3. The molecule has 2 saturated heterocycles. The molecular formula is C41H32N6O6S2. The molecule has 274 valence electrons. The van der Waals surface area contributed by atoms with Gasteiger partial charge in [0, 0.05) is 39.1 Å². The number of nitrogens with two attached hydrogens (primary N) is 1. The molecule has 5 aromatic rings. The Morgan fingerprint density at radius 3 is 1.96 bits per heavy atom. The van der Waals surface area contributed by atoms with E-state index in [0.717, 1.165) is 38.6 Å². The first-order valence-electron chi connectivity index (χ1n) is 17.2. The fraction of sp³-hybridized carbons (Fsp3) is 0.122. The number of amides is 3. The van der Waals surface area contributed by atoms with Gasteiger partial charge in [-0.2, -0.15) is 0 Å². The number of benzene rings is 4. The molecule has 0 aliphatic carbocycles. The van der Waals surface area contributed by atoms with Crippen LogP contribution in [-0.4, -0.2) is 68.1 Å². The number of nitrogens with one attached hydrogen (secondary N) is 1. The minimum Gasteiger partial charge on any atom is -0.477 e. The highest BCUT2D eigenvalue weighted by Crippen LogP contribution is 2.43. The van der Waals surface area contributed by atoms with Crippen molar-refractivity contribution in [2.75, 3.05) is 22.9 Å². The molecule has 2 atom stereocenters. The number of thioether (sulfide) groups is 1. The summed E-state index contributed by atoms with van der Waals surface area (Å²) < 4.78 is 0. The van der Waals surface area contributed by atoms with Crippen LogP contribution in [0.2, 0.25) is 0 Å². The fourth-order valence-corrected chi connectivity index (χ4v) is 8.73. The van der Waals surface area contributed by atoms with Crippen molar-refractivity contribution in [2.45, 2.75) is 17.0 Å². The number of rotatable bonds is 11. The highest BCUT2D eigenvalue weighted by molar-refractivity contribution is 8.00. The van der Waals surface area contributed by atoms with E-state index in [0.29, 0.717) is 17.7 Å². The standard InChI is InChI=1S/C41H32N6O6S2/c42-40-43-31(24-55-40)32(45-53-41(27-13-5-1-6-14-27,28-15-7-2-8-16-28)29-17-9-3-10-18-29)35(48)44-33-37(50)47-34(39(51)52)26(23-54-38(33)47)21-25-22-46(36(25)49)30-19-11-4-12-20-30/h1-21,24,33,38H,22-23H2,(H2,42,43)(H,44,48)(H,51,52)/b25-21+,45-32-/t33-,38-/m1/s1. The molecule has 12 nitrogen and oxygen atoms in total. The van der Waals surface area contributed by atoms with Crippen molar-refractivity contribution < 1.29 is 29.1 Å². The van der Waals surface area contributed by atoms with Crippen LogP contribution in [0.1, 0.15) is 22.4 Å². The Kier molecular flexibility index (Phi) is 9.51. The van der Waals surface area contributed by atoms with Gasteiger partial charge in [-0.3, -0.25) is 19.3 Å². The summed E-state index contributed by atoms with van der Waals surface area (Å²) in [6.07, 6.45) is 1.56. The van der Waals surface area contributed by atoms with Gasteiger partial charge in [-0.15, -0.1) is 23.1 Å². The number of oxime groups is 1. The number of aromatic nitrogens is 1. The van der Waals surface area contributed by atoms with Crippen LogP contribution in [0.15, 0.2) is 155 Å². The molecule has 2 fully saturated rings. The maximum absolute atomic E-state index is 14.2. The average molecular weight is 769 g/mol. The molecule has 3 aliphatic heterocycles. The van der Waals surface area contributed by atoms with E-state index < -0.39 is 34.8 Å². The van der Waals surface area contributed by atoms with Crippen LogP contribution in [0.4, 0.5) is 10.8 Å². The van der Waals surface area contributed by atoms with Crippen LogP contribution >= 0.6 is 23.1 Å². The van der Waals surface area contributed by atoms with E-state index >= 15 is 0 Å². The van der Waals surface area contributed by atoms with Crippen molar-refractivity contribution in [1.82, 2.24) is 15.2 Å². The van der Waals surface area contributed by atoms with Crippen LogP contribution in [0.25, 0.3) is 0 Å². The number of nitrogens with zero attached hydrogens (tertiary/aromatic N) is 4. The van der Waals surface area contributed by atoms with Crippen molar-refractivity contribution in [3.63, 3.8) is 0 Å². The third-order valence-electron chi connectivity index (χ3n) is 9.55. The summed E-state index contributed by atoms with van der Waals surface area (Å²) in [6.45, 7) is 0.311. The van der Waals surface area contributed by atoms with Gasteiger partial charge in [0.1, 0.15) is 22.8 Å². The van der Waals surface area contributed by atoms with E-state index in [2.05, 4.69) is 15.5 Å². The molecule has 0 bridgehead atoms. The van der Waals surface area contributed by atoms with Gasteiger partial charge in [0.15, 0.2) is 10.8 Å². The summed E-state index contributed by atoms with van der Waals surface area (Å²) in [4.78, 5) is 67.1. The maximum atomic E-state index is 14.2. The number of β-lactam (4-membered cyclic amide) rings is 2. The summed E-state index contributed by atoms with van der Waals surface area (Å²) in [6, 6.07) is 36.6. The minimum absolute atomic E-state index is 0.137. The van der Waals surface area contributed by atoms with Crippen LogP contribution in [0.5, 0.6) is 0 Å². The molecule has 14 heteroatoms. The predicted octanol–water partition coefficient (Wildman–Crippen LogP) is 5.15. The summed E-state index contributed by atoms with van der Waals surface area (Å²) in [7, 11) is 0. The smallest absolute Gasteiger partial charge is 0.352 e. The Bertz CT molecular complexity index is 2290. The molecule has 4 heterocycles. The quantitative estimate of drug-likeness (QED) is 0.0542. The Morgan fingerprint density at radius 2 is 1.45 bits per heavy atom. The number of anilines is 2. The van der Waals surface area contributed by atoms with Crippen molar-refractivity contribution in [3.8, 4) is 0 Å². The zero-order valence-corrected chi connectivity index (χ0v) is 30.6. The van der Waals surface area contributed by atoms with Crippen LogP contribution in [0, 0.1) is 0 Å². The lowest BCUT2D eigenvalue weighted by molar-refractivity contribution is -0.150. The monoisotopic (exact) mass is 768 g/mol. The topological polar surface area (TPSA) is 168 Å². The van der Waals surface area contributed by atoms with Crippen molar-refractivity contribution in [3.05, 3.63) is 172 Å². The molecule has 55 heavy (non-hydrogen) atoms. The molecule has 3 aliphatic rings. The van der Waals surface area contributed by atoms with Crippen LogP contribution in [-0.2, 0) is 29.6 Å². The second kappa shape index (κ2) is 14.7. The average Bonchev–Trinajstić information content (AvgIpc) is 3.66. The molecule has 0 unspecified atom stereocenters. The summed E-state index contributed by atoms with van der Waals surface area (Å²) >= 11 is 2.40. The number of nitrogen functional groups attached to an aromatic ring is 1. The Balaban J connectivity index is 1.09. The zero-order valence-electron chi connectivity index (χ0n) is 28.9. The molecule has 0 saturated carbocycles. The second-order valence-electron chi connectivity index (χ2n) is 12.8. The third-order valence-corrected chi connectivity index (χ3v) is 11.5. The van der Waals surface area contributed by atoms with E-state index in [1.165, 1.54) is 11.8 Å². The molecule has 1 aromatic heterocycles. The highest BCUT2D eigenvalue weighted by Gasteiger charge is 2.54. The molecule has 4 aromatic carbocycles. The third kappa shape index (κ3) is 6.44. The van der Waals surface area contributed by atoms with Gasteiger partial charge in [-0.1, -0.05) is 114 Å². The lowest BCUT2D eigenvalue weighted by atomic mass is 9.80. The van der Waals surface area contributed by atoms with E-state index in [-0.39, 0.29) is 33.9 Å². The van der Waals surface area contributed by atoms with Crippen LogP contribution < -0.4 is 16.0 Å². The SMILES string of the molecule is Nc1nc(/C(=N/OC(c2ccccc2)(c2ccccc2)c2ccccc2)C(=O)N[C@@H]2C(=O)N3C(C(=O)O)=C(/C=C4\CN(c5ccccc5)C4=O)CS[C@H]23)cs1. The van der Waals surface area contributed by atoms with Gasteiger partial charge in [0.05, 0.1) is 6.54 Å². The molecule has 4 N–H and O–H groups in total. The van der Waals surface area contributed by atoms with Gasteiger partial charge in [-0.25, -0.2) is 9.78 Å². The first-order valence-corrected chi connectivity index (χ1v) is 19.1. The number of hydrogen-bond acceptors (Lipinski definition) is 10. The normalized spacial score (nSPS) is 19.1.